The first-order chi connectivity index (χ1) is 10.3. The van der Waals surface area contributed by atoms with Crippen LogP contribution in [0.3, 0.4) is 0 Å². The van der Waals surface area contributed by atoms with Gasteiger partial charge in [-0.1, -0.05) is 6.07 Å². The zero-order chi connectivity index (χ0) is 16.3. The fraction of sp³-hybridized carbons (Fsp3) is 0.214. The summed E-state index contributed by atoms with van der Waals surface area (Å²) < 4.78 is 23.6. The molecule has 1 heterocycles. The maximum Gasteiger partial charge on any atom is 0.270 e. The van der Waals surface area contributed by atoms with Gasteiger partial charge in [0.25, 0.3) is 5.69 Å². The van der Waals surface area contributed by atoms with Gasteiger partial charge in [-0.25, -0.2) is 8.42 Å². The summed E-state index contributed by atoms with van der Waals surface area (Å²) in [6, 6.07) is 5.65. The van der Waals surface area contributed by atoms with Crippen LogP contribution in [0, 0.1) is 17.0 Å². The Bertz CT molecular complexity index is 819. The Labute approximate surface area is 128 Å². The lowest BCUT2D eigenvalue weighted by Gasteiger charge is -2.11. The number of benzene rings is 1. The Morgan fingerprint density at radius 3 is 2.59 bits per heavy atom. The molecule has 0 radical (unpaired) electrons. The van der Waals surface area contributed by atoms with Gasteiger partial charge < -0.3 is 5.32 Å². The quantitative estimate of drug-likeness (QED) is 0.669. The summed E-state index contributed by atoms with van der Waals surface area (Å²) >= 11 is 0. The van der Waals surface area contributed by atoms with Crippen molar-refractivity contribution in [3.05, 3.63) is 57.9 Å². The number of nitrogens with one attached hydrogen (secondary N) is 1. The van der Waals surface area contributed by atoms with Gasteiger partial charge >= 0.3 is 0 Å². The fourth-order valence-electron chi connectivity index (χ4n) is 1.99. The van der Waals surface area contributed by atoms with E-state index in [4.69, 9.17) is 0 Å². The zero-order valence-corrected chi connectivity index (χ0v) is 12.9. The van der Waals surface area contributed by atoms with Crippen molar-refractivity contribution in [3.63, 3.8) is 0 Å². The van der Waals surface area contributed by atoms with Crippen molar-refractivity contribution in [3.8, 4) is 0 Å². The van der Waals surface area contributed by atoms with E-state index in [0.717, 1.165) is 23.4 Å². The molecule has 2 rings (SSSR count). The van der Waals surface area contributed by atoms with E-state index in [1.807, 2.05) is 13.0 Å². The van der Waals surface area contributed by atoms with Crippen LogP contribution in [0.2, 0.25) is 0 Å². The highest BCUT2D eigenvalue weighted by molar-refractivity contribution is 7.90. The Hall–Kier alpha value is -2.48. The third-order valence-electron chi connectivity index (χ3n) is 2.99. The van der Waals surface area contributed by atoms with Crippen LogP contribution in [0.5, 0.6) is 0 Å². The number of nitro benzene ring substituents is 1. The van der Waals surface area contributed by atoms with Crippen LogP contribution in [-0.4, -0.2) is 24.6 Å². The van der Waals surface area contributed by atoms with Gasteiger partial charge in [0, 0.05) is 37.3 Å². The number of pyridine rings is 1. The summed E-state index contributed by atoms with van der Waals surface area (Å²) in [5.74, 6) is 0. The number of hydrogen-bond acceptors (Lipinski definition) is 6. The van der Waals surface area contributed by atoms with E-state index in [-0.39, 0.29) is 10.6 Å². The molecule has 0 bridgehead atoms. The van der Waals surface area contributed by atoms with Crippen molar-refractivity contribution < 1.29 is 13.3 Å². The molecule has 0 aliphatic heterocycles. The van der Waals surface area contributed by atoms with E-state index in [9.17, 15) is 18.5 Å². The Morgan fingerprint density at radius 2 is 2.00 bits per heavy atom. The number of aryl methyl sites for hydroxylation is 1. The van der Waals surface area contributed by atoms with E-state index < -0.39 is 14.8 Å². The minimum Gasteiger partial charge on any atom is -0.380 e. The molecule has 22 heavy (non-hydrogen) atoms. The molecule has 0 amide bonds. The van der Waals surface area contributed by atoms with Crippen molar-refractivity contribution in [2.24, 2.45) is 0 Å². The van der Waals surface area contributed by atoms with Gasteiger partial charge in [-0.05, 0) is 24.1 Å². The van der Waals surface area contributed by atoms with Gasteiger partial charge in [0.15, 0.2) is 9.84 Å². The highest BCUT2D eigenvalue weighted by Gasteiger charge is 2.18. The lowest BCUT2D eigenvalue weighted by Crippen LogP contribution is -2.07. The van der Waals surface area contributed by atoms with Crippen molar-refractivity contribution in [1.82, 2.24) is 4.98 Å². The van der Waals surface area contributed by atoms with Crippen LogP contribution in [0.15, 0.2) is 41.6 Å². The second-order valence-corrected chi connectivity index (χ2v) is 6.92. The monoisotopic (exact) mass is 321 g/mol. The van der Waals surface area contributed by atoms with Gasteiger partial charge in [0.1, 0.15) is 0 Å². The molecule has 1 aromatic carbocycles. The number of hydrogen-bond donors (Lipinski definition) is 1. The molecular formula is C14H15N3O4S. The fourth-order valence-corrected chi connectivity index (χ4v) is 2.86. The van der Waals surface area contributed by atoms with E-state index in [1.165, 1.54) is 12.1 Å². The third kappa shape index (κ3) is 3.79. The highest BCUT2D eigenvalue weighted by atomic mass is 32.2. The number of sulfone groups is 1. The smallest absolute Gasteiger partial charge is 0.270 e. The van der Waals surface area contributed by atoms with Gasteiger partial charge in [-0.3, -0.25) is 15.1 Å². The predicted molar refractivity (Wildman–Crippen MR) is 82.5 cm³/mol. The molecule has 0 saturated carbocycles. The maximum absolute atomic E-state index is 11.8. The molecule has 1 aromatic heterocycles. The average molecular weight is 321 g/mol. The van der Waals surface area contributed by atoms with Crippen molar-refractivity contribution >= 4 is 21.2 Å². The SMILES string of the molecule is Cc1cncc(CNc2ccc([N+](=O)[O-])cc2S(C)(=O)=O)c1. The van der Waals surface area contributed by atoms with Gasteiger partial charge in [0.05, 0.1) is 15.5 Å². The van der Waals surface area contributed by atoms with E-state index >= 15 is 0 Å². The number of aromatic nitrogens is 1. The Balaban J connectivity index is 2.32. The molecule has 0 aliphatic rings. The first-order valence-corrected chi connectivity index (χ1v) is 8.29. The Morgan fingerprint density at radius 1 is 1.27 bits per heavy atom. The molecule has 0 atom stereocenters. The zero-order valence-electron chi connectivity index (χ0n) is 12.1. The first kappa shape index (κ1) is 15.9. The average Bonchev–Trinajstić information content (AvgIpc) is 2.44. The summed E-state index contributed by atoms with van der Waals surface area (Å²) in [6.07, 6.45) is 4.41. The van der Waals surface area contributed by atoms with Gasteiger partial charge in [-0.2, -0.15) is 0 Å². The molecule has 0 aliphatic carbocycles. The van der Waals surface area contributed by atoms with Gasteiger partial charge in [-0.15, -0.1) is 0 Å². The van der Waals surface area contributed by atoms with Crippen molar-refractivity contribution in [1.29, 1.82) is 0 Å². The van der Waals surface area contributed by atoms with Crippen LogP contribution in [0.25, 0.3) is 0 Å². The first-order valence-electron chi connectivity index (χ1n) is 6.40. The van der Waals surface area contributed by atoms with E-state index in [0.29, 0.717) is 12.2 Å². The molecule has 0 spiro atoms. The topological polar surface area (TPSA) is 102 Å². The second-order valence-electron chi connectivity index (χ2n) is 4.93. The number of rotatable bonds is 5. The predicted octanol–water partition coefficient (Wildman–Crippen LogP) is 2.31. The normalized spacial score (nSPS) is 11.2. The lowest BCUT2D eigenvalue weighted by molar-refractivity contribution is -0.385. The van der Waals surface area contributed by atoms with Crippen LogP contribution in [0.1, 0.15) is 11.1 Å². The van der Waals surface area contributed by atoms with E-state index in [2.05, 4.69) is 10.3 Å². The standard InChI is InChI=1S/C14H15N3O4S/c1-10-5-11(8-15-7-10)9-16-13-4-3-12(17(18)19)6-14(13)22(2,20)21/h3-8,16H,9H2,1-2H3. The number of nitro groups is 1. The maximum atomic E-state index is 11.8. The minimum absolute atomic E-state index is 0.0951. The van der Waals surface area contributed by atoms with E-state index in [1.54, 1.807) is 12.4 Å². The summed E-state index contributed by atoms with van der Waals surface area (Å²) in [7, 11) is -3.58. The Kier molecular flexibility index (Phi) is 4.41. The van der Waals surface area contributed by atoms with Crippen LogP contribution in [0.4, 0.5) is 11.4 Å². The summed E-state index contributed by atoms with van der Waals surface area (Å²) in [4.78, 5) is 14.1. The number of nitrogens with zero attached hydrogens (tertiary/aromatic N) is 2. The molecule has 1 N–H and O–H groups in total. The highest BCUT2D eigenvalue weighted by Crippen LogP contribution is 2.26. The molecular weight excluding hydrogens is 306 g/mol. The van der Waals surface area contributed by atoms with Crippen molar-refractivity contribution in [2.75, 3.05) is 11.6 Å². The van der Waals surface area contributed by atoms with Crippen LogP contribution in [-0.2, 0) is 16.4 Å². The minimum atomic E-state index is -3.58. The molecule has 0 saturated heterocycles. The summed E-state index contributed by atoms with van der Waals surface area (Å²) in [6.45, 7) is 2.28. The molecule has 8 heteroatoms. The summed E-state index contributed by atoms with van der Waals surface area (Å²) in [5, 5.41) is 13.8. The largest absolute Gasteiger partial charge is 0.380 e. The molecule has 2 aromatic rings. The molecule has 0 unspecified atom stereocenters. The molecule has 7 nitrogen and oxygen atoms in total. The van der Waals surface area contributed by atoms with Crippen LogP contribution >= 0.6 is 0 Å². The molecule has 0 fully saturated rings. The molecule has 116 valence electrons. The van der Waals surface area contributed by atoms with Crippen molar-refractivity contribution in [2.45, 2.75) is 18.4 Å². The number of non-ortho nitro benzene ring substituents is 1. The lowest BCUT2D eigenvalue weighted by atomic mass is 10.2. The summed E-state index contributed by atoms with van der Waals surface area (Å²) in [5.41, 5.74) is 1.95. The van der Waals surface area contributed by atoms with Crippen LogP contribution < -0.4 is 5.32 Å². The number of anilines is 1. The third-order valence-corrected chi connectivity index (χ3v) is 4.13. The van der Waals surface area contributed by atoms with Gasteiger partial charge in [0.2, 0.25) is 0 Å². The second kappa shape index (κ2) is 6.10.